The first-order valence-corrected chi connectivity index (χ1v) is 6.15. The molecule has 1 saturated carbocycles. The van der Waals surface area contributed by atoms with Crippen LogP contribution >= 0.6 is 0 Å². The summed E-state index contributed by atoms with van der Waals surface area (Å²) >= 11 is 0. The lowest BCUT2D eigenvalue weighted by atomic mass is 9.79. The number of hydrogen-bond acceptors (Lipinski definition) is 2. The number of aliphatic hydroxyl groups excluding tert-OH is 1. The van der Waals surface area contributed by atoms with E-state index in [2.05, 4.69) is 0 Å². The molecule has 1 fully saturated rings. The Kier molecular flexibility index (Phi) is 3.79. The molecule has 0 aromatic heterocycles. The quantitative estimate of drug-likeness (QED) is 0.845. The summed E-state index contributed by atoms with van der Waals surface area (Å²) in [5, 5.41) is 17.9. The van der Waals surface area contributed by atoms with Crippen molar-refractivity contribution in [3.05, 3.63) is 35.4 Å². The fourth-order valence-corrected chi connectivity index (χ4v) is 2.58. The summed E-state index contributed by atoms with van der Waals surface area (Å²) in [6, 6.07) is 7.20. The molecule has 2 rings (SSSR count). The second kappa shape index (κ2) is 5.32. The van der Waals surface area contributed by atoms with Crippen LogP contribution < -0.4 is 0 Å². The largest absolute Gasteiger partial charge is 0.478 e. The Hall–Kier alpha value is -1.35. The lowest BCUT2D eigenvalue weighted by molar-refractivity contribution is 0.0697. The standard InChI is InChI=1S/C14H18O3/c15-9-10-1-3-11(4-2-10)12-5-7-13(8-6-12)14(16)17/h5-8,10-11,15H,1-4,9H2,(H,16,17). The van der Waals surface area contributed by atoms with E-state index >= 15 is 0 Å². The second-order valence-corrected chi connectivity index (χ2v) is 4.83. The fraction of sp³-hybridized carbons (Fsp3) is 0.500. The second-order valence-electron chi connectivity index (χ2n) is 4.83. The predicted octanol–water partition coefficient (Wildman–Crippen LogP) is 2.65. The van der Waals surface area contributed by atoms with Gasteiger partial charge in [-0.15, -0.1) is 0 Å². The highest BCUT2D eigenvalue weighted by molar-refractivity contribution is 5.87. The molecule has 1 aliphatic carbocycles. The molecule has 2 N–H and O–H groups in total. The van der Waals surface area contributed by atoms with E-state index in [1.54, 1.807) is 12.1 Å². The van der Waals surface area contributed by atoms with Gasteiger partial charge in [0.25, 0.3) is 0 Å². The smallest absolute Gasteiger partial charge is 0.335 e. The minimum atomic E-state index is -0.875. The average molecular weight is 234 g/mol. The predicted molar refractivity (Wildman–Crippen MR) is 65.2 cm³/mol. The van der Waals surface area contributed by atoms with Crippen LogP contribution in [0.25, 0.3) is 0 Å². The minimum absolute atomic E-state index is 0.296. The van der Waals surface area contributed by atoms with Crippen molar-refractivity contribution in [2.24, 2.45) is 5.92 Å². The Bertz CT molecular complexity index is 375. The average Bonchev–Trinajstić information content (AvgIpc) is 2.39. The summed E-state index contributed by atoms with van der Waals surface area (Å²) in [7, 11) is 0. The third-order valence-corrected chi connectivity index (χ3v) is 3.73. The van der Waals surface area contributed by atoms with E-state index in [1.165, 1.54) is 5.56 Å². The monoisotopic (exact) mass is 234 g/mol. The molecule has 0 aliphatic heterocycles. The minimum Gasteiger partial charge on any atom is -0.478 e. The van der Waals surface area contributed by atoms with Crippen molar-refractivity contribution in [3.63, 3.8) is 0 Å². The maximum absolute atomic E-state index is 10.7. The lowest BCUT2D eigenvalue weighted by Crippen LogP contribution is -2.16. The highest BCUT2D eigenvalue weighted by Crippen LogP contribution is 2.35. The molecule has 0 heterocycles. The van der Waals surface area contributed by atoms with Gasteiger partial charge in [0, 0.05) is 6.61 Å². The third-order valence-electron chi connectivity index (χ3n) is 3.73. The zero-order chi connectivity index (χ0) is 12.3. The first-order chi connectivity index (χ1) is 8.20. The van der Waals surface area contributed by atoms with Gasteiger partial charge in [0.1, 0.15) is 0 Å². The van der Waals surface area contributed by atoms with Crippen LogP contribution in [0.3, 0.4) is 0 Å². The number of aromatic carboxylic acids is 1. The number of hydrogen-bond donors (Lipinski definition) is 2. The first kappa shape index (κ1) is 12.1. The van der Waals surface area contributed by atoms with Crippen LogP contribution in [0.15, 0.2) is 24.3 Å². The van der Waals surface area contributed by atoms with Crippen LogP contribution in [0, 0.1) is 5.92 Å². The van der Waals surface area contributed by atoms with Gasteiger partial charge in [0.2, 0.25) is 0 Å². The first-order valence-electron chi connectivity index (χ1n) is 6.15. The van der Waals surface area contributed by atoms with Gasteiger partial charge < -0.3 is 10.2 Å². The molecular weight excluding hydrogens is 216 g/mol. The maximum atomic E-state index is 10.7. The molecule has 17 heavy (non-hydrogen) atoms. The van der Waals surface area contributed by atoms with E-state index < -0.39 is 5.97 Å². The Morgan fingerprint density at radius 3 is 2.18 bits per heavy atom. The van der Waals surface area contributed by atoms with E-state index in [4.69, 9.17) is 10.2 Å². The summed E-state index contributed by atoms with van der Waals surface area (Å²) in [4.78, 5) is 10.7. The lowest BCUT2D eigenvalue weighted by Gasteiger charge is -2.27. The van der Waals surface area contributed by atoms with Gasteiger partial charge in [0.15, 0.2) is 0 Å². The summed E-state index contributed by atoms with van der Waals surface area (Å²) in [5.41, 5.74) is 1.57. The van der Waals surface area contributed by atoms with Gasteiger partial charge in [-0.1, -0.05) is 12.1 Å². The van der Waals surface area contributed by atoms with E-state index in [9.17, 15) is 4.79 Å². The molecule has 0 saturated heterocycles. The summed E-state index contributed by atoms with van der Waals surface area (Å²) < 4.78 is 0. The molecule has 1 aliphatic rings. The van der Waals surface area contributed by atoms with E-state index in [1.807, 2.05) is 12.1 Å². The van der Waals surface area contributed by atoms with Crippen molar-refractivity contribution >= 4 is 5.97 Å². The van der Waals surface area contributed by atoms with Crippen LogP contribution in [0.5, 0.6) is 0 Å². The number of carboxylic acids is 1. The zero-order valence-electron chi connectivity index (χ0n) is 9.80. The van der Waals surface area contributed by atoms with Crippen LogP contribution in [-0.2, 0) is 0 Å². The van der Waals surface area contributed by atoms with Crippen LogP contribution in [0.1, 0.15) is 47.5 Å². The molecule has 1 aromatic rings. The normalized spacial score (nSPS) is 24.5. The Morgan fingerprint density at radius 1 is 1.12 bits per heavy atom. The van der Waals surface area contributed by atoms with E-state index in [0.29, 0.717) is 24.0 Å². The van der Waals surface area contributed by atoms with Crippen LogP contribution in [-0.4, -0.2) is 22.8 Å². The number of benzene rings is 1. The van der Waals surface area contributed by atoms with Crippen molar-refractivity contribution in [2.45, 2.75) is 31.6 Å². The molecule has 0 amide bonds. The van der Waals surface area contributed by atoms with E-state index in [-0.39, 0.29) is 0 Å². The molecule has 0 unspecified atom stereocenters. The van der Waals surface area contributed by atoms with Gasteiger partial charge in [-0.25, -0.2) is 4.79 Å². The topological polar surface area (TPSA) is 57.5 Å². The summed E-state index contributed by atoms with van der Waals surface area (Å²) in [6.45, 7) is 0.296. The molecule has 3 nitrogen and oxygen atoms in total. The van der Waals surface area contributed by atoms with Gasteiger partial charge >= 0.3 is 5.97 Å². The Morgan fingerprint density at radius 2 is 1.71 bits per heavy atom. The Labute approximate surface area is 101 Å². The molecule has 0 spiro atoms. The van der Waals surface area contributed by atoms with Crippen molar-refractivity contribution in [2.75, 3.05) is 6.61 Å². The van der Waals surface area contributed by atoms with Gasteiger partial charge in [-0.05, 0) is 55.2 Å². The van der Waals surface area contributed by atoms with Gasteiger partial charge in [0.05, 0.1) is 5.56 Å². The number of carboxylic acid groups (broad SMARTS) is 1. The molecular formula is C14H18O3. The van der Waals surface area contributed by atoms with Crippen LogP contribution in [0.2, 0.25) is 0 Å². The molecule has 0 atom stereocenters. The molecule has 3 heteroatoms. The SMILES string of the molecule is O=C(O)c1ccc(C2CCC(CO)CC2)cc1. The number of carbonyl (C=O) groups is 1. The molecule has 0 radical (unpaired) electrons. The van der Waals surface area contributed by atoms with Gasteiger partial charge in [-0.3, -0.25) is 0 Å². The van der Waals surface area contributed by atoms with E-state index in [0.717, 1.165) is 25.7 Å². The highest BCUT2D eigenvalue weighted by atomic mass is 16.4. The summed E-state index contributed by atoms with van der Waals surface area (Å²) in [6.07, 6.45) is 4.33. The highest BCUT2D eigenvalue weighted by Gasteiger charge is 2.21. The van der Waals surface area contributed by atoms with Gasteiger partial charge in [-0.2, -0.15) is 0 Å². The zero-order valence-corrected chi connectivity index (χ0v) is 9.80. The van der Waals surface area contributed by atoms with Crippen molar-refractivity contribution in [3.8, 4) is 0 Å². The summed E-state index contributed by atoms with van der Waals surface area (Å²) in [5.74, 6) is 0.116. The molecule has 92 valence electrons. The Balaban J connectivity index is 2.01. The molecule has 0 bridgehead atoms. The molecule has 1 aromatic carbocycles. The number of aliphatic hydroxyl groups is 1. The number of rotatable bonds is 3. The third kappa shape index (κ3) is 2.86. The fourth-order valence-electron chi connectivity index (χ4n) is 2.58. The maximum Gasteiger partial charge on any atom is 0.335 e. The van der Waals surface area contributed by atoms with Crippen LogP contribution in [0.4, 0.5) is 0 Å². The van der Waals surface area contributed by atoms with Crippen molar-refractivity contribution in [1.82, 2.24) is 0 Å². The van der Waals surface area contributed by atoms with Crippen molar-refractivity contribution < 1.29 is 15.0 Å². The van der Waals surface area contributed by atoms with Crippen molar-refractivity contribution in [1.29, 1.82) is 0 Å².